The normalized spacial score (nSPS) is 18.8. The zero-order valence-corrected chi connectivity index (χ0v) is 21.2. The summed E-state index contributed by atoms with van der Waals surface area (Å²) in [6.45, 7) is 2.63. The molecule has 0 saturated carbocycles. The van der Waals surface area contributed by atoms with Gasteiger partial charge in [0.1, 0.15) is 12.1 Å². The van der Waals surface area contributed by atoms with Crippen LogP contribution in [0.1, 0.15) is 60.9 Å². The molecular weight excluding hydrogens is 466 g/mol. The molecule has 37 heavy (non-hydrogen) atoms. The average molecular weight is 502 g/mol. The van der Waals surface area contributed by atoms with Gasteiger partial charge in [0.15, 0.2) is 5.82 Å². The highest BCUT2D eigenvalue weighted by atomic mass is 16.5. The van der Waals surface area contributed by atoms with Crippen LogP contribution in [0.4, 0.5) is 0 Å². The summed E-state index contributed by atoms with van der Waals surface area (Å²) < 4.78 is 5.96. The fraction of sp³-hybridized carbons (Fsp3) is 0.448. The van der Waals surface area contributed by atoms with Crippen LogP contribution in [0.3, 0.4) is 0 Å². The standard InChI is InChI=1S/C29H35N5O3/c35-26-9-5-19-37-25-8-2-1-6-22(25)7-3-4-14-29(20-30-26)15-17-34(18-16-29)28(36)24-12-10-23(11-13-24)27-31-21-32-33-27/h1-2,6,8,10-13,21H,3-5,7,9,14-20H2,(H,30,35)(H,31,32,33). The van der Waals surface area contributed by atoms with Crippen molar-refractivity contribution in [2.24, 2.45) is 5.41 Å². The Bertz CT molecular complexity index is 1180. The number of ether oxygens (including phenoxy) is 1. The monoisotopic (exact) mass is 501 g/mol. The molecule has 2 N–H and O–H groups in total. The number of fused-ring (bicyclic) bond motifs is 1. The molecule has 0 unspecified atom stereocenters. The number of piperidine rings is 1. The van der Waals surface area contributed by atoms with E-state index >= 15 is 0 Å². The van der Waals surface area contributed by atoms with Crippen molar-refractivity contribution in [1.29, 1.82) is 0 Å². The van der Waals surface area contributed by atoms with E-state index in [2.05, 4.69) is 32.6 Å². The number of amides is 2. The van der Waals surface area contributed by atoms with Gasteiger partial charge in [-0.05, 0) is 67.7 Å². The van der Waals surface area contributed by atoms with E-state index < -0.39 is 0 Å². The minimum absolute atomic E-state index is 0.0305. The average Bonchev–Trinajstić information content (AvgIpc) is 3.48. The Morgan fingerprint density at radius 2 is 1.76 bits per heavy atom. The minimum Gasteiger partial charge on any atom is -0.493 e. The molecule has 1 aromatic heterocycles. The molecule has 1 saturated heterocycles. The third-order valence-electron chi connectivity index (χ3n) is 7.77. The molecule has 0 radical (unpaired) electrons. The fourth-order valence-corrected chi connectivity index (χ4v) is 5.45. The molecule has 8 nitrogen and oxygen atoms in total. The lowest BCUT2D eigenvalue weighted by Gasteiger charge is -2.42. The van der Waals surface area contributed by atoms with Gasteiger partial charge in [-0.3, -0.25) is 14.7 Å². The summed E-state index contributed by atoms with van der Waals surface area (Å²) in [5.74, 6) is 1.76. The van der Waals surface area contributed by atoms with Gasteiger partial charge in [-0.25, -0.2) is 4.98 Å². The van der Waals surface area contributed by atoms with Crippen LogP contribution in [-0.4, -0.2) is 58.1 Å². The number of likely N-dealkylation sites (tertiary alicyclic amines) is 1. The van der Waals surface area contributed by atoms with E-state index in [0.717, 1.165) is 49.8 Å². The minimum atomic E-state index is 0.0305. The number of hydrogen-bond donors (Lipinski definition) is 2. The van der Waals surface area contributed by atoms with E-state index in [4.69, 9.17) is 4.74 Å². The van der Waals surface area contributed by atoms with Crippen LogP contribution in [0, 0.1) is 5.41 Å². The Morgan fingerprint density at radius 3 is 2.54 bits per heavy atom. The van der Waals surface area contributed by atoms with Gasteiger partial charge in [-0.15, -0.1) is 0 Å². The second kappa shape index (κ2) is 11.6. The van der Waals surface area contributed by atoms with Gasteiger partial charge in [0.2, 0.25) is 5.91 Å². The van der Waals surface area contributed by atoms with Crippen molar-refractivity contribution in [3.63, 3.8) is 0 Å². The number of benzene rings is 2. The number of nitrogens with zero attached hydrogens (tertiary/aromatic N) is 3. The molecule has 0 atom stereocenters. The zero-order valence-electron chi connectivity index (χ0n) is 21.2. The van der Waals surface area contributed by atoms with Crippen LogP contribution in [-0.2, 0) is 11.2 Å². The van der Waals surface area contributed by atoms with Gasteiger partial charge in [0, 0.05) is 37.2 Å². The van der Waals surface area contributed by atoms with Gasteiger partial charge in [0.25, 0.3) is 5.91 Å². The van der Waals surface area contributed by atoms with Crippen molar-refractivity contribution in [3.8, 4) is 17.1 Å². The first kappa shape index (κ1) is 25.0. The largest absolute Gasteiger partial charge is 0.493 e. The third-order valence-corrected chi connectivity index (χ3v) is 7.77. The van der Waals surface area contributed by atoms with Crippen LogP contribution in [0.25, 0.3) is 11.4 Å². The van der Waals surface area contributed by atoms with Crippen molar-refractivity contribution < 1.29 is 14.3 Å². The van der Waals surface area contributed by atoms with E-state index in [1.807, 2.05) is 41.3 Å². The maximum absolute atomic E-state index is 13.2. The summed E-state index contributed by atoms with van der Waals surface area (Å²) in [6, 6.07) is 15.7. The smallest absolute Gasteiger partial charge is 0.253 e. The number of aromatic nitrogens is 3. The molecule has 2 aliphatic rings. The van der Waals surface area contributed by atoms with Gasteiger partial charge in [-0.2, -0.15) is 5.10 Å². The molecular formula is C29H35N5O3. The predicted molar refractivity (Wildman–Crippen MR) is 141 cm³/mol. The summed E-state index contributed by atoms with van der Waals surface area (Å²) in [5, 5.41) is 9.93. The predicted octanol–water partition coefficient (Wildman–Crippen LogP) is 4.40. The lowest BCUT2D eigenvalue weighted by Crippen LogP contribution is -2.48. The Morgan fingerprint density at radius 1 is 0.946 bits per heavy atom. The molecule has 0 bridgehead atoms. The first-order chi connectivity index (χ1) is 18.1. The molecule has 2 aliphatic heterocycles. The number of rotatable bonds is 2. The van der Waals surface area contributed by atoms with E-state index in [9.17, 15) is 9.59 Å². The van der Waals surface area contributed by atoms with Crippen molar-refractivity contribution in [1.82, 2.24) is 25.4 Å². The SMILES string of the molecule is O=C1CCCOc2ccccc2CCCCC2(CCN(C(=O)c3ccc(-c4ncn[nH]4)cc3)CC2)CN1. The van der Waals surface area contributed by atoms with Gasteiger partial charge >= 0.3 is 0 Å². The first-order valence-electron chi connectivity index (χ1n) is 13.3. The van der Waals surface area contributed by atoms with Crippen molar-refractivity contribution >= 4 is 11.8 Å². The van der Waals surface area contributed by atoms with Gasteiger partial charge < -0.3 is 15.0 Å². The number of H-pyrrole nitrogens is 1. The van der Waals surface area contributed by atoms with Crippen LogP contribution in [0.2, 0.25) is 0 Å². The zero-order chi connectivity index (χ0) is 25.5. The third kappa shape index (κ3) is 6.18. The van der Waals surface area contributed by atoms with Crippen molar-refractivity contribution in [2.45, 2.75) is 51.4 Å². The maximum Gasteiger partial charge on any atom is 0.253 e. The summed E-state index contributed by atoms with van der Waals surface area (Å²) in [4.78, 5) is 31.9. The highest BCUT2D eigenvalue weighted by Gasteiger charge is 2.36. The van der Waals surface area contributed by atoms with E-state index in [1.54, 1.807) is 0 Å². The number of carbonyl (C=O) groups excluding carboxylic acids is 2. The topological polar surface area (TPSA) is 100 Å². The van der Waals surface area contributed by atoms with Gasteiger partial charge in [-0.1, -0.05) is 36.8 Å². The van der Waals surface area contributed by atoms with Crippen LogP contribution in [0.15, 0.2) is 54.9 Å². The quantitative estimate of drug-likeness (QED) is 0.542. The molecule has 8 heteroatoms. The summed E-state index contributed by atoms with van der Waals surface area (Å²) in [7, 11) is 0. The number of aryl methyl sites for hydroxylation is 1. The van der Waals surface area contributed by atoms with Gasteiger partial charge in [0.05, 0.1) is 6.61 Å². The molecule has 3 aromatic rings. The summed E-state index contributed by atoms with van der Waals surface area (Å²) in [6.07, 6.45) is 8.63. The van der Waals surface area contributed by atoms with Crippen LogP contribution < -0.4 is 10.1 Å². The number of carbonyl (C=O) groups is 2. The number of nitrogens with one attached hydrogen (secondary N) is 2. The van der Waals surface area contributed by atoms with Crippen molar-refractivity contribution in [2.75, 3.05) is 26.2 Å². The molecule has 0 aliphatic carbocycles. The molecule has 3 heterocycles. The molecule has 1 spiro atoms. The molecule has 2 aromatic carbocycles. The summed E-state index contributed by atoms with van der Waals surface area (Å²) >= 11 is 0. The fourth-order valence-electron chi connectivity index (χ4n) is 5.45. The number of hydrogen-bond acceptors (Lipinski definition) is 5. The van der Waals surface area contributed by atoms with E-state index in [0.29, 0.717) is 50.5 Å². The Hall–Kier alpha value is -3.68. The lowest BCUT2D eigenvalue weighted by molar-refractivity contribution is -0.122. The Labute approximate surface area is 217 Å². The second-order valence-corrected chi connectivity index (χ2v) is 10.2. The highest BCUT2D eigenvalue weighted by molar-refractivity contribution is 5.94. The molecule has 194 valence electrons. The van der Waals surface area contributed by atoms with E-state index in [-0.39, 0.29) is 17.2 Å². The molecule has 1 fully saturated rings. The van der Waals surface area contributed by atoms with Crippen LogP contribution in [0.5, 0.6) is 5.75 Å². The van der Waals surface area contributed by atoms with Crippen molar-refractivity contribution in [3.05, 3.63) is 66.0 Å². The first-order valence-corrected chi connectivity index (χ1v) is 13.3. The highest BCUT2D eigenvalue weighted by Crippen LogP contribution is 2.37. The van der Waals surface area contributed by atoms with E-state index in [1.165, 1.54) is 11.9 Å². The molecule has 2 amide bonds. The number of para-hydroxylation sites is 1. The Balaban J connectivity index is 1.21. The Kier molecular flexibility index (Phi) is 7.82. The molecule has 5 rings (SSSR count). The second-order valence-electron chi connectivity index (χ2n) is 10.2. The lowest BCUT2D eigenvalue weighted by atomic mass is 9.74. The maximum atomic E-state index is 13.2. The van der Waals surface area contributed by atoms with Crippen LogP contribution >= 0.6 is 0 Å². The number of aromatic amines is 1. The summed E-state index contributed by atoms with van der Waals surface area (Å²) in [5.41, 5.74) is 2.85.